The number of amides is 1. The molecule has 2 N–H and O–H groups in total. The van der Waals surface area contributed by atoms with Gasteiger partial charge in [0.1, 0.15) is 11.9 Å². The second-order valence-corrected chi connectivity index (χ2v) is 4.59. The molecule has 0 aliphatic heterocycles. The van der Waals surface area contributed by atoms with E-state index in [1.165, 1.54) is 23.5 Å². The quantitative estimate of drug-likeness (QED) is 0.893. The van der Waals surface area contributed by atoms with Gasteiger partial charge in [0.15, 0.2) is 5.13 Å². The maximum atomic E-state index is 12.7. The zero-order chi connectivity index (χ0) is 13.0. The first-order valence-corrected chi connectivity index (χ1v) is 6.25. The summed E-state index contributed by atoms with van der Waals surface area (Å²) in [5, 5.41) is 8.01. The summed E-state index contributed by atoms with van der Waals surface area (Å²) in [6.07, 6.45) is 1.62. The first-order valence-electron chi connectivity index (χ1n) is 5.37. The summed E-state index contributed by atoms with van der Waals surface area (Å²) < 4.78 is 12.7. The molecule has 0 radical (unpaired) electrons. The zero-order valence-corrected chi connectivity index (χ0v) is 10.5. The summed E-state index contributed by atoms with van der Waals surface area (Å²) in [5.41, 5.74) is 0.693. The number of hydrogen-bond donors (Lipinski definition) is 2. The highest BCUT2D eigenvalue weighted by atomic mass is 32.1. The molecule has 18 heavy (non-hydrogen) atoms. The Morgan fingerprint density at radius 2 is 2.11 bits per heavy atom. The topological polar surface area (TPSA) is 54.0 Å². The Kier molecular flexibility index (Phi) is 3.88. The lowest BCUT2D eigenvalue weighted by atomic mass is 10.2. The van der Waals surface area contributed by atoms with E-state index in [0.717, 1.165) is 0 Å². The van der Waals surface area contributed by atoms with Gasteiger partial charge in [-0.1, -0.05) is 0 Å². The molecule has 1 amide bonds. The summed E-state index contributed by atoms with van der Waals surface area (Å²) >= 11 is 1.36. The first-order chi connectivity index (χ1) is 8.65. The van der Waals surface area contributed by atoms with Crippen molar-refractivity contribution in [2.45, 2.75) is 13.0 Å². The highest BCUT2D eigenvalue weighted by Crippen LogP contribution is 2.13. The summed E-state index contributed by atoms with van der Waals surface area (Å²) in [6.45, 7) is 1.73. The molecule has 4 nitrogen and oxygen atoms in total. The van der Waals surface area contributed by atoms with Crippen molar-refractivity contribution in [3.8, 4) is 0 Å². The molecule has 0 spiro atoms. The van der Waals surface area contributed by atoms with E-state index in [-0.39, 0.29) is 11.7 Å². The molecular formula is C12H12FN3OS. The van der Waals surface area contributed by atoms with Crippen molar-refractivity contribution < 1.29 is 9.18 Å². The third kappa shape index (κ3) is 3.27. The molecule has 1 aromatic carbocycles. The highest BCUT2D eigenvalue weighted by Gasteiger charge is 2.13. The van der Waals surface area contributed by atoms with E-state index in [1.807, 2.05) is 0 Å². The van der Waals surface area contributed by atoms with Gasteiger partial charge in [-0.2, -0.15) is 0 Å². The van der Waals surface area contributed by atoms with E-state index >= 15 is 0 Å². The molecule has 0 bridgehead atoms. The Labute approximate surface area is 108 Å². The van der Waals surface area contributed by atoms with Gasteiger partial charge in [0.25, 0.3) is 0 Å². The number of nitrogens with zero attached hydrogens (tertiary/aromatic N) is 1. The van der Waals surface area contributed by atoms with Gasteiger partial charge >= 0.3 is 0 Å². The van der Waals surface area contributed by atoms with Gasteiger partial charge in [0.05, 0.1) is 0 Å². The molecule has 0 saturated carbocycles. The molecule has 6 heteroatoms. The number of hydrogen-bond acceptors (Lipinski definition) is 4. The smallest absolute Gasteiger partial charge is 0.248 e. The summed E-state index contributed by atoms with van der Waals surface area (Å²) in [6, 6.07) is 5.42. The van der Waals surface area contributed by atoms with E-state index in [0.29, 0.717) is 10.8 Å². The SMILES string of the molecule is C[C@H](Nc1ccc(F)cc1)C(=O)Nc1nccs1. The minimum atomic E-state index is -0.431. The molecule has 1 aromatic heterocycles. The van der Waals surface area contributed by atoms with Crippen molar-refractivity contribution >= 4 is 28.1 Å². The minimum Gasteiger partial charge on any atom is -0.374 e. The van der Waals surface area contributed by atoms with Crippen LogP contribution in [0.4, 0.5) is 15.2 Å². The van der Waals surface area contributed by atoms with Crippen LogP contribution in [0.1, 0.15) is 6.92 Å². The second kappa shape index (κ2) is 5.59. The van der Waals surface area contributed by atoms with E-state index in [2.05, 4.69) is 15.6 Å². The molecule has 0 unspecified atom stereocenters. The van der Waals surface area contributed by atoms with Crippen molar-refractivity contribution in [2.75, 3.05) is 10.6 Å². The fourth-order valence-corrected chi connectivity index (χ4v) is 1.89. The number of carbonyl (C=O) groups excluding carboxylic acids is 1. The first kappa shape index (κ1) is 12.5. The lowest BCUT2D eigenvalue weighted by molar-refractivity contribution is -0.116. The molecule has 0 aliphatic rings. The number of aromatic nitrogens is 1. The Morgan fingerprint density at radius 3 is 2.72 bits per heavy atom. The number of anilines is 2. The van der Waals surface area contributed by atoms with E-state index in [4.69, 9.17) is 0 Å². The number of thiazole rings is 1. The molecule has 0 saturated heterocycles. The van der Waals surface area contributed by atoms with Crippen molar-refractivity contribution in [1.29, 1.82) is 0 Å². The molecule has 2 aromatic rings. The number of nitrogens with one attached hydrogen (secondary N) is 2. The Balaban J connectivity index is 1.93. The molecule has 2 rings (SSSR count). The highest BCUT2D eigenvalue weighted by molar-refractivity contribution is 7.13. The van der Waals surface area contributed by atoms with Crippen LogP contribution in [0, 0.1) is 5.82 Å². The van der Waals surface area contributed by atoms with Crippen molar-refractivity contribution in [1.82, 2.24) is 4.98 Å². The average molecular weight is 265 g/mol. The van der Waals surface area contributed by atoms with Crippen LogP contribution in [0.3, 0.4) is 0 Å². The summed E-state index contributed by atoms with van der Waals surface area (Å²) in [7, 11) is 0. The standard InChI is InChI=1S/C12H12FN3OS/c1-8(11(17)16-12-14-6-7-18-12)15-10-4-2-9(13)3-5-10/h2-8,15H,1H3,(H,14,16,17)/t8-/m0/s1. The largest absolute Gasteiger partial charge is 0.374 e. The molecule has 1 atom stereocenters. The minimum absolute atomic E-state index is 0.186. The van der Waals surface area contributed by atoms with Gasteiger partial charge in [0, 0.05) is 17.3 Å². The van der Waals surface area contributed by atoms with Crippen molar-refractivity contribution in [2.24, 2.45) is 0 Å². The van der Waals surface area contributed by atoms with Crippen LogP contribution >= 0.6 is 11.3 Å². The van der Waals surface area contributed by atoms with Crippen LogP contribution in [0.2, 0.25) is 0 Å². The van der Waals surface area contributed by atoms with Gasteiger partial charge < -0.3 is 10.6 Å². The van der Waals surface area contributed by atoms with Crippen LogP contribution < -0.4 is 10.6 Å². The maximum absolute atomic E-state index is 12.7. The normalized spacial score (nSPS) is 11.9. The molecule has 0 fully saturated rings. The van der Waals surface area contributed by atoms with Gasteiger partial charge in [-0.3, -0.25) is 4.79 Å². The second-order valence-electron chi connectivity index (χ2n) is 3.70. The van der Waals surface area contributed by atoms with Crippen molar-refractivity contribution in [3.05, 3.63) is 41.7 Å². The van der Waals surface area contributed by atoms with Crippen LogP contribution in [0.15, 0.2) is 35.8 Å². The predicted molar refractivity (Wildman–Crippen MR) is 70.2 cm³/mol. The monoisotopic (exact) mass is 265 g/mol. The predicted octanol–water partition coefficient (Wildman–Crippen LogP) is 2.72. The van der Waals surface area contributed by atoms with E-state index in [9.17, 15) is 9.18 Å². The van der Waals surface area contributed by atoms with Gasteiger partial charge in [-0.05, 0) is 31.2 Å². The summed E-state index contributed by atoms with van der Waals surface area (Å²) in [4.78, 5) is 15.8. The zero-order valence-electron chi connectivity index (χ0n) is 9.68. The third-order valence-corrected chi connectivity index (χ3v) is 2.97. The number of benzene rings is 1. The van der Waals surface area contributed by atoms with Crippen LogP contribution in [-0.4, -0.2) is 16.9 Å². The van der Waals surface area contributed by atoms with Crippen LogP contribution in [0.25, 0.3) is 0 Å². The van der Waals surface area contributed by atoms with Gasteiger partial charge in [-0.25, -0.2) is 9.37 Å². The third-order valence-electron chi connectivity index (χ3n) is 2.28. The van der Waals surface area contributed by atoms with Gasteiger partial charge in [0.2, 0.25) is 5.91 Å². The molecule has 0 aliphatic carbocycles. The Hall–Kier alpha value is -1.95. The lowest BCUT2D eigenvalue weighted by Gasteiger charge is -2.14. The fraction of sp³-hybridized carbons (Fsp3) is 0.167. The molecule has 94 valence electrons. The van der Waals surface area contributed by atoms with Crippen molar-refractivity contribution in [3.63, 3.8) is 0 Å². The lowest BCUT2D eigenvalue weighted by Crippen LogP contribution is -2.31. The number of rotatable bonds is 4. The van der Waals surface area contributed by atoms with Crippen LogP contribution in [-0.2, 0) is 4.79 Å². The Bertz CT molecular complexity index is 513. The maximum Gasteiger partial charge on any atom is 0.248 e. The van der Waals surface area contributed by atoms with E-state index in [1.54, 1.807) is 30.6 Å². The number of halogens is 1. The van der Waals surface area contributed by atoms with Crippen LogP contribution in [0.5, 0.6) is 0 Å². The number of carbonyl (C=O) groups is 1. The molecule has 1 heterocycles. The summed E-state index contributed by atoms with van der Waals surface area (Å²) in [5.74, 6) is -0.491. The van der Waals surface area contributed by atoms with E-state index < -0.39 is 6.04 Å². The van der Waals surface area contributed by atoms with Gasteiger partial charge in [-0.15, -0.1) is 11.3 Å². The average Bonchev–Trinajstić information content (AvgIpc) is 2.85. The fourth-order valence-electron chi connectivity index (χ4n) is 1.36. The molecular weight excluding hydrogens is 253 g/mol. The Morgan fingerprint density at radius 1 is 1.39 bits per heavy atom.